The molecule has 0 heterocycles. The molecule has 18 heavy (non-hydrogen) atoms. The van der Waals surface area contributed by atoms with Gasteiger partial charge in [-0.05, 0) is 31.5 Å². The number of aromatic carboxylic acids is 1. The van der Waals surface area contributed by atoms with Crippen molar-refractivity contribution in [2.45, 2.75) is 25.8 Å². The molecule has 0 aliphatic carbocycles. The molecule has 6 nitrogen and oxygen atoms in total. The number of anilines is 1. The SMILES string of the molecule is CCC(C)(N)C(=O)Nc1cc(C(=O)O)ccc1O. The van der Waals surface area contributed by atoms with Crippen LogP contribution >= 0.6 is 0 Å². The van der Waals surface area contributed by atoms with Crippen molar-refractivity contribution in [1.29, 1.82) is 0 Å². The predicted octanol–water partition coefficient (Wildman–Crippen LogP) is 1.16. The van der Waals surface area contributed by atoms with E-state index in [2.05, 4.69) is 5.32 Å². The minimum atomic E-state index is -1.14. The summed E-state index contributed by atoms with van der Waals surface area (Å²) in [6.45, 7) is 3.31. The fourth-order valence-electron chi connectivity index (χ4n) is 1.19. The highest BCUT2D eigenvalue weighted by atomic mass is 16.4. The number of carboxylic acid groups (broad SMARTS) is 1. The number of hydrogen-bond acceptors (Lipinski definition) is 4. The summed E-state index contributed by atoms with van der Waals surface area (Å²) in [7, 11) is 0. The van der Waals surface area contributed by atoms with Gasteiger partial charge in [-0.3, -0.25) is 4.79 Å². The van der Waals surface area contributed by atoms with Gasteiger partial charge in [-0.25, -0.2) is 4.79 Å². The van der Waals surface area contributed by atoms with Crippen LogP contribution in [0, 0.1) is 0 Å². The van der Waals surface area contributed by atoms with Crippen LogP contribution in [0.4, 0.5) is 5.69 Å². The molecule has 98 valence electrons. The van der Waals surface area contributed by atoms with Crippen molar-refractivity contribution in [1.82, 2.24) is 0 Å². The van der Waals surface area contributed by atoms with Gasteiger partial charge >= 0.3 is 5.97 Å². The lowest BCUT2D eigenvalue weighted by Gasteiger charge is -2.21. The van der Waals surface area contributed by atoms with Gasteiger partial charge in [0.25, 0.3) is 0 Å². The molecule has 0 radical (unpaired) electrons. The van der Waals surface area contributed by atoms with Crippen molar-refractivity contribution >= 4 is 17.6 Å². The minimum Gasteiger partial charge on any atom is -0.506 e. The van der Waals surface area contributed by atoms with E-state index in [1.807, 2.05) is 0 Å². The van der Waals surface area contributed by atoms with E-state index in [0.717, 1.165) is 0 Å². The second-order valence-corrected chi connectivity index (χ2v) is 4.26. The Morgan fingerprint density at radius 3 is 2.56 bits per heavy atom. The van der Waals surface area contributed by atoms with Gasteiger partial charge in [-0.2, -0.15) is 0 Å². The third-order valence-corrected chi connectivity index (χ3v) is 2.74. The molecule has 6 heteroatoms. The molecule has 5 N–H and O–H groups in total. The van der Waals surface area contributed by atoms with Crippen LogP contribution in [0.5, 0.6) is 5.75 Å². The maximum absolute atomic E-state index is 11.8. The van der Waals surface area contributed by atoms with Crippen LogP contribution in [0.3, 0.4) is 0 Å². The van der Waals surface area contributed by atoms with Gasteiger partial charge in [-0.1, -0.05) is 6.92 Å². The Kier molecular flexibility index (Phi) is 3.93. The van der Waals surface area contributed by atoms with Gasteiger partial charge in [0, 0.05) is 0 Å². The largest absolute Gasteiger partial charge is 0.506 e. The highest BCUT2D eigenvalue weighted by Gasteiger charge is 2.26. The van der Waals surface area contributed by atoms with E-state index in [9.17, 15) is 14.7 Å². The molecule has 1 aromatic rings. The molecule has 0 aliphatic rings. The summed E-state index contributed by atoms with van der Waals surface area (Å²) in [6, 6.07) is 3.63. The zero-order valence-electron chi connectivity index (χ0n) is 10.2. The normalized spacial score (nSPS) is 13.7. The highest BCUT2D eigenvalue weighted by Crippen LogP contribution is 2.25. The molecule has 1 atom stereocenters. The van der Waals surface area contributed by atoms with Crippen molar-refractivity contribution in [2.75, 3.05) is 5.32 Å². The Labute approximate surface area is 104 Å². The van der Waals surface area contributed by atoms with Crippen LogP contribution in [0.2, 0.25) is 0 Å². The van der Waals surface area contributed by atoms with Crippen molar-refractivity contribution in [3.63, 3.8) is 0 Å². The summed E-state index contributed by atoms with van der Waals surface area (Å²) < 4.78 is 0. The van der Waals surface area contributed by atoms with Crippen LogP contribution in [0.1, 0.15) is 30.6 Å². The lowest BCUT2D eigenvalue weighted by atomic mass is 9.99. The zero-order valence-corrected chi connectivity index (χ0v) is 10.2. The van der Waals surface area contributed by atoms with Crippen molar-refractivity contribution in [3.8, 4) is 5.75 Å². The molecular formula is C12H16N2O4. The van der Waals surface area contributed by atoms with Gasteiger partial charge in [0.05, 0.1) is 16.8 Å². The number of phenols is 1. The number of aromatic hydroxyl groups is 1. The first kappa shape index (κ1) is 14.0. The molecule has 1 rings (SSSR count). The number of rotatable bonds is 4. The number of benzene rings is 1. The average Bonchev–Trinajstić information content (AvgIpc) is 2.31. The van der Waals surface area contributed by atoms with E-state index < -0.39 is 17.4 Å². The average molecular weight is 252 g/mol. The quantitative estimate of drug-likeness (QED) is 0.600. The fourth-order valence-corrected chi connectivity index (χ4v) is 1.19. The number of nitrogens with two attached hydrogens (primary N) is 1. The van der Waals surface area contributed by atoms with E-state index in [1.165, 1.54) is 18.2 Å². The first-order valence-electron chi connectivity index (χ1n) is 5.44. The second-order valence-electron chi connectivity index (χ2n) is 4.26. The fraction of sp³-hybridized carbons (Fsp3) is 0.333. The number of amides is 1. The monoisotopic (exact) mass is 252 g/mol. The zero-order chi connectivity index (χ0) is 13.9. The number of carbonyl (C=O) groups excluding carboxylic acids is 1. The molecule has 0 spiro atoms. The molecule has 0 aromatic heterocycles. The van der Waals surface area contributed by atoms with Gasteiger partial charge in [0.15, 0.2) is 0 Å². The molecule has 0 fully saturated rings. The standard InChI is InChI=1S/C12H16N2O4/c1-3-12(2,13)11(18)14-8-6-7(10(16)17)4-5-9(8)15/h4-6,15H,3,13H2,1-2H3,(H,14,18)(H,16,17). The van der Waals surface area contributed by atoms with Gasteiger partial charge < -0.3 is 21.3 Å². The maximum atomic E-state index is 11.8. The van der Waals surface area contributed by atoms with Crippen LogP contribution in [-0.2, 0) is 4.79 Å². The molecule has 0 saturated heterocycles. The Morgan fingerprint density at radius 1 is 1.44 bits per heavy atom. The van der Waals surface area contributed by atoms with Crippen LogP contribution < -0.4 is 11.1 Å². The number of hydrogen-bond donors (Lipinski definition) is 4. The molecule has 1 unspecified atom stereocenters. The van der Waals surface area contributed by atoms with Crippen molar-refractivity contribution in [2.24, 2.45) is 5.73 Å². The molecular weight excluding hydrogens is 236 g/mol. The van der Waals surface area contributed by atoms with E-state index in [0.29, 0.717) is 6.42 Å². The summed E-state index contributed by atoms with van der Waals surface area (Å²) in [4.78, 5) is 22.6. The van der Waals surface area contributed by atoms with E-state index in [1.54, 1.807) is 13.8 Å². The first-order valence-corrected chi connectivity index (χ1v) is 5.44. The molecule has 0 aliphatic heterocycles. The summed E-state index contributed by atoms with van der Waals surface area (Å²) >= 11 is 0. The molecule has 0 bridgehead atoms. The number of nitrogens with one attached hydrogen (secondary N) is 1. The lowest BCUT2D eigenvalue weighted by Crippen LogP contribution is -2.47. The topological polar surface area (TPSA) is 113 Å². The molecule has 1 amide bonds. The first-order chi connectivity index (χ1) is 8.27. The van der Waals surface area contributed by atoms with E-state index in [4.69, 9.17) is 10.8 Å². The van der Waals surface area contributed by atoms with Gasteiger partial charge in [-0.15, -0.1) is 0 Å². The third kappa shape index (κ3) is 2.98. The number of phenolic OH excluding ortho intramolecular Hbond substituents is 1. The Bertz CT molecular complexity index is 483. The molecule has 0 saturated carbocycles. The molecule has 1 aromatic carbocycles. The number of carboxylic acids is 1. The Hall–Kier alpha value is -2.08. The second kappa shape index (κ2) is 5.05. The summed E-state index contributed by atoms with van der Waals surface area (Å²) in [6.07, 6.45) is 0.415. The lowest BCUT2D eigenvalue weighted by molar-refractivity contribution is -0.120. The minimum absolute atomic E-state index is 0.0293. The van der Waals surface area contributed by atoms with Gasteiger partial charge in [0.2, 0.25) is 5.91 Å². The predicted molar refractivity (Wildman–Crippen MR) is 66.6 cm³/mol. The van der Waals surface area contributed by atoms with E-state index >= 15 is 0 Å². The maximum Gasteiger partial charge on any atom is 0.335 e. The summed E-state index contributed by atoms with van der Waals surface area (Å²) in [5, 5.41) is 20.8. The summed E-state index contributed by atoms with van der Waals surface area (Å²) in [5.41, 5.74) is 4.67. The third-order valence-electron chi connectivity index (χ3n) is 2.74. The van der Waals surface area contributed by atoms with Crippen LogP contribution in [0.15, 0.2) is 18.2 Å². The van der Waals surface area contributed by atoms with Crippen molar-refractivity contribution < 1.29 is 19.8 Å². The number of carbonyl (C=O) groups is 2. The smallest absolute Gasteiger partial charge is 0.335 e. The van der Waals surface area contributed by atoms with E-state index in [-0.39, 0.29) is 17.0 Å². The Morgan fingerprint density at radius 2 is 2.06 bits per heavy atom. The van der Waals surface area contributed by atoms with Crippen molar-refractivity contribution in [3.05, 3.63) is 23.8 Å². The summed E-state index contributed by atoms with van der Waals surface area (Å²) in [5.74, 6) is -1.83. The Balaban J connectivity index is 3.01. The van der Waals surface area contributed by atoms with Crippen LogP contribution in [-0.4, -0.2) is 27.6 Å². The highest BCUT2D eigenvalue weighted by molar-refractivity contribution is 6.00. The van der Waals surface area contributed by atoms with Crippen LogP contribution in [0.25, 0.3) is 0 Å². The van der Waals surface area contributed by atoms with Gasteiger partial charge in [0.1, 0.15) is 5.75 Å².